The van der Waals surface area contributed by atoms with E-state index in [0.717, 1.165) is 25.0 Å². The summed E-state index contributed by atoms with van der Waals surface area (Å²) in [6.07, 6.45) is 2.91. The van der Waals surface area contributed by atoms with Gasteiger partial charge in [0.05, 0.1) is 4.92 Å². The number of nitro groups is 1. The van der Waals surface area contributed by atoms with Gasteiger partial charge in [0.2, 0.25) is 0 Å². The van der Waals surface area contributed by atoms with Crippen molar-refractivity contribution in [2.75, 3.05) is 11.5 Å². The lowest BCUT2D eigenvalue weighted by Crippen LogP contribution is -2.33. The molecular weight excluding hydrogens is 290 g/mol. The van der Waals surface area contributed by atoms with Crippen LogP contribution >= 0.6 is 11.8 Å². The summed E-state index contributed by atoms with van der Waals surface area (Å²) in [5.41, 5.74) is 5.80. The number of nitrogens with two attached hydrogens (primary N) is 1. The molecule has 1 aromatic rings. The molecule has 1 aliphatic rings. The molecule has 1 saturated carbocycles. The zero-order valence-corrected chi connectivity index (χ0v) is 12.7. The summed E-state index contributed by atoms with van der Waals surface area (Å²) in [4.78, 5) is 22.7. The molecule has 21 heavy (non-hydrogen) atoms. The monoisotopic (exact) mass is 309 g/mol. The van der Waals surface area contributed by atoms with E-state index >= 15 is 0 Å². The molecule has 1 aromatic carbocycles. The number of nitrogens with one attached hydrogen (secondary N) is 1. The molecule has 0 aromatic heterocycles. The van der Waals surface area contributed by atoms with E-state index < -0.39 is 10.8 Å². The Morgan fingerprint density at radius 1 is 1.52 bits per heavy atom. The lowest BCUT2D eigenvalue weighted by atomic mass is 10.1. The van der Waals surface area contributed by atoms with Crippen LogP contribution in [0.5, 0.6) is 0 Å². The second-order valence-electron chi connectivity index (χ2n) is 5.09. The van der Waals surface area contributed by atoms with Crippen LogP contribution in [-0.2, 0) is 0 Å². The van der Waals surface area contributed by atoms with Gasteiger partial charge in [0.15, 0.2) is 0 Å². The minimum atomic E-state index is -0.557. The van der Waals surface area contributed by atoms with Gasteiger partial charge in [0.1, 0.15) is 5.56 Å². The van der Waals surface area contributed by atoms with E-state index in [2.05, 4.69) is 12.2 Å². The Labute approximate surface area is 127 Å². The highest BCUT2D eigenvalue weighted by molar-refractivity contribution is 7.99. The van der Waals surface area contributed by atoms with Gasteiger partial charge in [-0.2, -0.15) is 11.8 Å². The van der Waals surface area contributed by atoms with Crippen LogP contribution in [0.3, 0.4) is 0 Å². The molecule has 0 spiro atoms. The van der Waals surface area contributed by atoms with E-state index in [4.69, 9.17) is 5.73 Å². The lowest BCUT2D eigenvalue weighted by Gasteiger charge is -2.13. The van der Waals surface area contributed by atoms with Crippen LogP contribution in [0.4, 0.5) is 11.4 Å². The van der Waals surface area contributed by atoms with Gasteiger partial charge >= 0.3 is 0 Å². The van der Waals surface area contributed by atoms with E-state index in [-0.39, 0.29) is 17.3 Å². The van der Waals surface area contributed by atoms with E-state index in [0.29, 0.717) is 10.9 Å². The third-order valence-corrected chi connectivity index (χ3v) is 4.82. The van der Waals surface area contributed by atoms with Gasteiger partial charge in [-0.05, 0) is 37.1 Å². The smallest absolute Gasteiger partial charge is 0.282 e. The first-order chi connectivity index (χ1) is 10.0. The largest absolute Gasteiger partial charge is 0.399 e. The Morgan fingerprint density at radius 3 is 2.95 bits per heavy atom. The van der Waals surface area contributed by atoms with Crippen LogP contribution in [-0.4, -0.2) is 27.9 Å². The zero-order valence-electron chi connectivity index (χ0n) is 11.9. The average molecular weight is 309 g/mol. The maximum absolute atomic E-state index is 12.3. The Hall–Kier alpha value is -1.76. The number of nitro benzene ring substituents is 1. The summed E-state index contributed by atoms with van der Waals surface area (Å²) in [6, 6.07) is 4.15. The van der Waals surface area contributed by atoms with Crippen molar-refractivity contribution in [2.24, 2.45) is 0 Å². The number of amides is 1. The van der Waals surface area contributed by atoms with Crippen molar-refractivity contribution < 1.29 is 9.72 Å². The molecule has 0 radical (unpaired) electrons. The van der Waals surface area contributed by atoms with E-state index in [1.165, 1.54) is 18.2 Å². The first-order valence-electron chi connectivity index (χ1n) is 6.97. The summed E-state index contributed by atoms with van der Waals surface area (Å²) < 4.78 is 0. The highest BCUT2D eigenvalue weighted by Crippen LogP contribution is 2.30. The molecule has 3 N–H and O–H groups in total. The molecule has 0 bridgehead atoms. The number of hydrogen-bond acceptors (Lipinski definition) is 5. The molecule has 0 saturated heterocycles. The maximum atomic E-state index is 12.3. The summed E-state index contributed by atoms with van der Waals surface area (Å²) in [7, 11) is 0. The van der Waals surface area contributed by atoms with Gasteiger partial charge in [0.25, 0.3) is 11.6 Å². The molecule has 0 heterocycles. The van der Waals surface area contributed by atoms with Gasteiger partial charge in [-0.1, -0.05) is 6.92 Å². The third kappa shape index (κ3) is 3.87. The number of rotatable bonds is 5. The standard InChI is InChI=1S/C14H19N3O3S/c1-2-21-11-5-4-10(8-11)16-14(18)12-7-9(15)3-6-13(12)17(19)20/h3,6-7,10-11H,2,4-5,8,15H2,1H3,(H,16,18). The molecule has 114 valence electrons. The van der Waals surface area contributed by atoms with Crippen molar-refractivity contribution in [3.8, 4) is 0 Å². The molecule has 1 aliphatic carbocycles. The fourth-order valence-electron chi connectivity index (χ4n) is 2.62. The molecule has 6 nitrogen and oxygen atoms in total. The van der Waals surface area contributed by atoms with E-state index in [1.54, 1.807) is 0 Å². The number of nitrogen functional groups attached to an aromatic ring is 1. The Balaban J connectivity index is 2.07. The summed E-state index contributed by atoms with van der Waals surface area (Å²) in [5.74, 6) is 0.646. The first kappa shape index (κ1) is 15.6. The zero-order chi connectivity index (χ0) is 15.4. The van der Waals surface area contributed by atoms with Crippen molar-refractivity contribution in [3.05, 3.63) is 33.9 Å². The lowest BCUT2D eigenvalue weighted by molar-refractivity contribution is -0.385. The molecule has 1 fully saturated rings. The minimum absolute atomic E-state index is 0.0339. The highest BCUT2D eigenvalue weighted by atomic mass is 32.2. The van der Waals surface area contributed by atoms with Gasteiger partial charge in [-0.25, -0.2) is 0 Å². The number of nitrogens with zero attached hydrogens (tertiary/aromatic N) is 1. The van der Waals surface area contributed by atoms with Crippen LogP contribution in [0, 0.1) is 10.1 Å². The summed E-state index contributed by atoms with van der Waals surface area (Å²) in [6.45, 7) is 2.12. The van der Waals surface area contributed by atoms with E-state index in [9.17, 15) is 14.9 Å². The molecule has 2 atom stereocenters. The molecule has 7 heteroatoms. The maximum Gasteiger partial charge on any atom is 0.282 e. The van der Waals surface area contributed by atoms with Gasteiger partial charge in [-0.15, -0.1) is 0 Å². The van der Waals surface area contributed by atoms with Crippen LogP contribution in [0.15, 0.2) is 18.2 Å². The van der Waals surface area contributed by atoms with E-state index in [1.807, 2.05) is 11.8 Å². The van der Waals surface area contributed by atoms with Crippen LogP contribution in [0.25, 0.3) is 0 Å². The summed E-state index contributed by atoms with van der Waals surface area (Å²) >= 11 is 1.90. The number of thioether (sulfide) groups is 1. The van der Waals surface area contributed by atoms with Gasteiger partial charge in [0, 0.05) is 23.0 Å². The molecular formula is C14H19N3O3S. The Morgan fingerprint density at radius 2 is 2.29 bits per heavy atom. The van der Waals surface area contributed by atoms with Crippen molar-refractivity contribution >= 4 is 29.0 Å². The second kappa shape index (κ2) is 6.80. The Kier molecular flexibility index (Phi) is 5.06. The van der Waals surface area contributed by atoms with Crippen molar-refractivity contribution in [1.29, 1.82) is 0 Å². The number of benzene rings is 1. The predicted molar refractivity (Wildman–Crippen MR) is 84.5 cm³/mol. The topological polar surface area (TPSA) is 98.3 Å². The quantitative estimate of drug-likeness (QED) is 0.495. The van der Waals surface area contributed by atoms with Crippen LogP contribution < -0.4 is 11.1 Å². The van der Waals surface area contributed by atoms with Gasteiger partial charge in [-0.3, -0.25) is 14.9 Å². The number of carbonyl (C=O) groups excluding carboxylic acids is 1. The predicted octanol–water partition coefficient (Wildman–Crippen LogP) is 2.58. The minimum Gasteiger partial charge on any atom is -0.399 e. The highest BCUT2D eigenvalue weighted by Gasteiger charge is 2.28. The number of anilines is 1. The molecule has 2 unspecified atom stereocenters. The van der Waals surface area contributed by atoms with Crippen molar-refractivity contribution in [2.45, 2.75) is 37.5 Å². The van der Waals surface area contributed by atoms with Crippen LogP contribution in [0.1, 0.15) is 36.5 Å². The SMILES string of the molecule is CCSC1CCC(NC(=O)c2cc(N)ccc2[N+](=O)[O-])C1. The van der Waals surface area contributed by atoms with Crippen molar-refractivity contribution in [3.63, 3.8) is 0 Å². The number of carbonyl (C=O) groups is 1. The molecule has 0 aliphatic heterocycles. The second-order valence-corrected chi connectivity index (χ2v) is 6.67. The third-order valence-electron chi connectivity index (χ3n) is 3.58. The number of hydrogen-bond donors (Lipinski definition) is 2. The van der Waals surface area contributed by atoms with Crippen molar-refractivity contribution in [1.82, 2.24) is 5.32 Å². The Bertz CT molecular complexity index is 550. The van der Waals surface area contributed by atoms with Crippen LogP contribution in [0.2, 0.25) is 0 Å². The fraction of sp³-hybridized carbons (Fsp3) is 0.500. The summed E-state index contributed by atoms with van der Waals surface area (Å²) in [5, 5.41) is 14.5. The van der Waals surface area contributed by atoms with Gasteiger partial charge < -0.3 is 11.1 Å². The molecule has 1 amide bonds. The molecule has 2 rings (SSSR count). The average Bonchev–Trinajstić information content (AvgIpc) is 2.86. The normalized spacial score (nSPS) is 21.2. The fourth-order valence-corrected chi connectivity index (χ4v) is 3.76. The first-order valence-corrected chi connectivity index (χ1v) is 8.02.